The number of nitrogens with two attached hydrogens (primary N) is 1. The van der Waals surface area contributed by atoms with E-state index in [1.165, 1.54) is 30.2 Å². The zero-order valence-electron chi connectivity index (χ0n) is 21.7. The average Bonchev–Trinajstić information content (AvgIpc) is 3.49. The second-order valence-electron chi connectivity index (χ2n) is 10.0. The number of halogens is 2. The minimum atomic E-state index is -1.62. The van der Waals surface area contributed by atoms with Crippen molar-refractivity contribution in [2.45, 2.75) is 32.4 Å². The van der Waals surface area contributed by atoms with Crippen LogP contribution in [0, 0.1) is 12.7 Å². The van der Waals surface area contributed by atoms with Crippen LogP contribution in [0.3, 0.4) is 0 Å². The molecular weight excluding hydrogens is 521 g/mol. The Balaban J connectivity index is 1.72. The normalized spacial score (nSPS) is 17.7. The van der Waals surface area contributed by atoms with Gasteiger partial charge in [0.2, 0.25) is 0 Å². The minimum absolute atomic E-state index is 0.113. The van der Waals surface area contributed by atoms with E-state index in [9.17, 15) is 14.0 Å². The number of nitrogen functional groups attached to an aromatic ring is 1. The SMILES string of the molecule is COc1cc(N)ccc1-c1nc2c(n1C(C)C)C1(C(=O)Nc3cc(C)ccc31)N(c1ccc(F)c(Cl)c1)C2=O. The number of hydrogen-bond acceptors (Lipinski definition) is 5. The number of benzene rings is 3. The third-order valence-electron chi connectivity index (χ3n) is 7.28. The molecule has 39 heavy (non-hydrogen) atoms. The molecule has 0 aliphatic carbocycles. The molecule has 6 rings (SSSR count). The number of aryl methyl sites for hydroxylation is 1. The van der Waals surface area contributed by atoms with Crippen LogP contribution in [0.15, 0.2) is 54.6 Å². The van der Waals surface area contributed by atoms with E-state index in [1.807, 2.05) is 43.5 Å². The Morgan fingerprint density at radius 1 is 1.10 bits per heavy atom. The average molecular weight is 546 g/mol. The summed E-state index contributed by atoms with van der Waals surface area (Å²) in [6.07, 6.45) is 0. The lowest BCUT2D eigenvalue weighted by molar-refractivity contribution is -0.119. The quantitative estimate of drug-likeness (QED) is 0.321. The molecule has 0 bridgehead atoms. The molecule has 10 heteroatoms. The number of carbonyl (C=O) groups is 2. The summed E-state index contributed by atoms with van der Waals surface area (Å²) in [6.45, 7) is 5.82. The molecule has 1 spiro atoms. The monoisotopic (exact) mass is 545 g/mol. The van der Waals surface area contributed by atoms with Gasteiger partial charge in [0.25, 0.3) is 11.8 Å². The van der Waals surface area contributed by atoms with Crippen molar-refractivity contribution in [2.24, 2.45) is 0 Å². The van der Waals surface area contributed by atoms with Crippen molar-refractivity contribution in [1.82, 2.24) is 9.55 Å². The van der Waals surface area contributed by atoms with Gasteiger partial charge in [0.05, 0.1) is 23.4 Å². The van der Waals surface area contributed by atoms with E-state index < -0.39 is 23.2 Å². The first kappa shape index (κ1) is 24.9. The topological polar surface area (TPSA) is 102 Å². The third kappa shape index (κ3) is 3.32. The Morgan fingerprint density at radius 2 is 1.87 bits per heavy atom. The summed E-state index contributed by atoms with van der Waals surface area (Å²) in [6, 6.07) is 14.5. The van der Waals surface area contributed by atoms with Crippen LogP contribution in [0.5, 0.6) is 5.75 Å². The molecule has 198 valence electrons. The molecule has 1 atom stereocenters. The predicted octanol–water partition coefficient (Wildman–Crippen LogP) is 5.68. The van der Waals surface area contributed by atoms with E-state index in [2.05, 4.69) is 5.32 Å². The lowest BCUT2D eigenvalue weighted by Crippen LogP contribution is -2.51. The van der Waals surface area contributed by atoms with Gasteiger partial charge in [0.1, 0.15) is 17.4 Å². The van der Waals surface area contributed by atoms with Gasteiger partial charge in [-0.15, -0.1) is 0 Å². The maximum atomic E-state index is 14.3. The number of hydrogen-bond donors (Lipinski definition) is 2. The molecule has 3 N–H and O–H groups in total. The minimum Gasteiger partial charge on any atom is -0.496 e. The van der Waals surface area contributed by atoms with Crippen LogP contribution in [-0.2, 0) is 10.3 Å². The van der Waals surface area contributed by atoms with Gasteiger partial charge in [-0.1, -0.05) is 23.7 Å². The molecule has 0 radical (unpaired) electrons. The van der Waals surface area contributed by atoms with E-state index in [-0.39, 0.29) is 22.4 Å². The predicted molar refractivity (Wildman–Crippen MR) is 148 cm³/mol. The van der Waals surface area contributed by atoms with Gasteiger partial charge in [0, 0.05) is 34.7 Å². The molecular formula is C29H25ClFN5O3. The van der Waals surface area contributed by atoms with E-state index in [1.54, 1.807) is 18.2 Å². The molecule has 1 unspecified atom stereocenters. The molecule has 2 amide bonds. The molecule has 3 heterocycles. The number of amides is 2. The maximum Gasteiger partial charge on any atom is 0.280 e. The van der Waals surface area contributed by atoms with Crippen LogP contribution < -0.4 is 20.7 Å². The first-order valence-electron chi connectivity index (χ1n) is 12.4. The van der Waals surface area contributed by atoms with Crippen molar-refractivity contribution < 1.29 is 18.7 Å². The highest BCUT2D eigenvalue weighted by Gasteiger charge is 2.64. The lowest BCUT2D eigenvalue weighted by atomic mass is 9.86. The zero-order chi connectivity index (χ0) is 27.8. The van der Waals surface area contributed by atoms with Crippen molar-refractivity contribution in [1.29, 1.82) is 0 Å². The Morgan fingerprint density at radius 3 is 2.56 bits per heavy atom. The molecule has 0 fully saturated rings. The second-order valence-corrected chi connectivity index (χ2v) is 10.4. The summed E-state index contributed by atoms with van der Waals surface area (Å²) in [7, 11) is 1.53. The van der Waals surface area contributed by atoms with Crippen molar-refractivity contribution in [3.63, 3.8) is 0 Å². The fraction of sp³-hybridized carbons (Fsp3) is 0.207. The van der Waals surface area contributed by atoms with Gasteiger partial charge >= 0.3 is 0 Å². The van der Waals surface area contributed by atoms with Crippen molar-refractivity contribution >= 4 is 40.5 Å². The molecule has 1 aromatic heterocycles. The fourth-order valence-electron chi connectivity index (χ4n) is 5.68. The van der Waals surface area contributed by atoms with E-state index in [4.69, 9.17) is 27.1 Å². The Labute approximate surface area is 229 Å². The first-order chi connectivity index (χ1) is 18.6. The number of ether oxygens (including phenoxy) is 1. The molecule has 2 aliphatic heterocycles. The summed E-state index contributed by atoms with van der Waals surface area (Å²) in [5.74, 6) is -0.617. The standard InChI is InChI=1S/C29H25ClFN5O3/c1-14(2)35-25-24(34-26(35)18-8-6-16(32)12-23(18)39-4)27(37)36(17-7-10-21(31)20(30)13-17)29(25)19-9-5-15(3)11-22(19)33-28(29)38/h5-14H,32H2,1-4H3,(H,33,38). The first-order valence-corrected chi connectivity index (χ1v) is 12.8. The van der Waals surface area contributed by atoms with Crippen LogP contribution in [0.4, 0.5) is 21.5 Å². The van der Waals surface area contributed by atoms with E-state index >= 15 is 0 Å². The van der Waals surface area contributed by atoms with Crippen LogP contribution in [0.2, 0.25) is 5.02 Å². The van der Waals surface area contributed by atoms with Crippen LogP contribution in [-0.4, -0.2) is 28.5 Å². The van der Waals surface area contributed by atoms with Crippen LogP contribution >= 0.6 is 11.6 Å². The van der Waals surface area contributed by atoms with Crippen molar-refractivity contribution in [2.75, 3.05) is 23.1 Å². The Kier molecular flexibility index (Phi) is 5.48. The highest BCUT2D eigenvalue weighted by molar-refractivity contribution is 6.31. The highest BCUT2D eigenvalue weighted by atomic mass is 35.5. The van der Waals surface area contributed by atoms with E-state index in [0.29, 0.717) is 39.8 Å². The number of anilines is 3. The number of methoxy groups -OCH3 is 1. The highest BCUT2D eigenvalue weighted by Crippen LogP contribution is 2.54. The van der Waals surface area contributed by atoms with Gasteiger partial charge in [-0.05, 0) is 62.7 Å². The maximum absolute atomic E-state index is 14.3. The van der Waals surface area contributed by atoms with Gasteiger partial charge in [-0.2, -0.15) is 0 Å². The van der Waals surface area contributed by atoms with Crippen molar-refractivity contribution in [3.8, 4) is 17.1 Å². The molecule has 4 aromatic rings. The number of imidazole rings is 1. The number of fused-ring (bicyclic) bond motifs is 4. The summed E-state index contributed by atoms with van der Waals surface area (Å²) >= 11 is 6.15. The summed E-state index contributed by atoms with van der Waals surface area (Å²) in [5.41, 5.74) is 8.43. The fourth-order valence-corrected chi connectivity index (χ4v) is 5.86. The van der Waals surface area contributed by atoms with Crippen LogP contribution in [0.1, 0.15) is 47.2 Å². The largest absolute Gasteiger partial charge is 0.496 e. The van der Waals surface area contributed by atoms with Gasteiger partial charge in [-0.25, -0.2) is 9.37 Å². The summed E-state index contributed by atoms with van der Waals surface area (Å²) in [5, 5.41) is 2.82. The molecule has 0 saturated heterocycles. The van der Waals surface area contributed by atoms with Gasteiger partial charge in [-0.3, -0.25) is 14.5 Å². The second kappa shape index (κ2) is 8.57. The van der Waals surface area contributed by atoms with Crippen LogP contribution in [0.25, 0.3) is 11.4 Å². The number of nitrogens with zero attached hydrogens (tertiary/aromatic N) is 3. The Bertz CT molecular complexity index is 1720. The van der Waals surface area contributed by atoms with Crippen molar-refractivity contribution in [3.05, 3.63) is 88.0 Å². The zero-order valence-corrected chi connectivity index (χ0v) is 22.4. The smallest absolute Gasteiger partial charge is 0.280 e. The van der Waals surface area contributed by atoms with Gasteiger partial charge < -0.3 is 20.4 Å². The number of nitrogens with one attached hydrogen (secondary N) is 1. The van der Waals surface area contributed by atoms with Gasteiger partial charge in [0.15, 0.2) is 11.2 Å². The number of aromatic nitrogens is 2. The Hall–Kier alpha value is -4.37. The summed E-state index contributed by atoms with van der Waals surface area (Å²) < 4.78 is 21.7. The number of carbonyl (C=O) groups excluding carboxylic acids is 2. The third-order valence-corrected chi connectivity index (χ3v) is 7.57. The molecule has 8 nitrogen and oxygen atoms in total. The summed E-state index contributed by atoms with van der Waals surface area (Å²) in [4.78, 5) is 34.7. The molecule has 2 aliphatic rings. The molecule has 0 saturated carbocycles. The van der Waals surface area contributed by atoms with E-state index in [0.717, 1.165) is 5.56 Å². The molecule has 3 aromatic carbocycles. The number of rotatable bonds is 4. The lowest BCUT2D eigenvalue weighted by Gasteiger charge is -2.36.